The number of hydrogen-bond acceptors (Lipinski definition) is 2. The Kier molecular flexibility index (Phi) is 6.12. The second-order valence-corrected chi connectivity index (χ2v) is 13.5. The summed E-state index contributed by atoms with van der Waals surface area (Å²) in [5, 5.41) is 12.7. The van der Waals surface area contributed by atoms with Gasteiger partial charge in [-0.1, -0.05) is 146 Å². The molecule has 0 amide bonds. The van der Waals surface area contributed by atoms with Gasteiger partial charge in [-0.05, 0) is 79.2 Å². The highest BCUT2D eigenvalue weighted by Crippen LogP contribution is 2.48. The number of rotatable bonds is 4. The summed E-state index contributed by atoms with van der Waals surface area (Å²) in [5.74, 6) is 0. The Labute approximate surface area is 282 Å². The maximum Gasteiger partial charge on any atom is 0.0640 e. The summed E-state index contributed by atoms with van der Waals surface area (Å²) >= 11 is 1.88. The Morgan fingerprint density at radius 3 is 1.81 bits per heavy atom. The van der Waals surface area contributed by atoms with Crippen molar-refractivity contribution in [1.29, 1.82) is 0 Å². The number of hydrogen-bond donors (Lipinski definition) is 0. The first-order chi connectivity index (χ1) is 23.8. The van der Waals surface area contributed by atoms with Gasteiger partial charge in [-0.3, -0.25) is 0 Å². The number of anilines is 3. The van der Waals surface area contributed by atoms with Gasteiger partial charge in [0.05, 0.1) is 16.1 Å². The SMILES string of the molecule is c1ccc2c(-c3ccc(N(c4cc5ccc6ccccc6c5c5ccccc45)c4cccc5c4sc4ccccc45)cc3)cccc2c1. The highest BCUT2D eigenvalue weighted by atomic mass is 32.1. The van der Waals surface area contributed by atoms with Crippen LogP contribution in [0.3, 0.4) is 0 Å². The van der Waals surface area contributed by atoms with Crippen LogP contribution < -0.4 is 4.90 Å². The lowest BCUT2D eigenvalue weighted by Crippen LogP contribution is -2.11. The van der Waals surface area contributed by atoms with E-state index in [0.29, 0.717) is 0 Å². The van der Waals surface area contributed by atoms with Gasteiger partial charge in [0.2, 0.25) is 0 Å². The highest BCUT2D eigenvalue weighted by Gasteiger charge is 2.21. The third kappa shape index (κ3) is 4.17. The van der Waals surface area contributed by atoms with Crippen LogP contribution in [0.5, 0.6) is 0 Å². The van der Waals surface area contributed by atoms with Crippen LogP contribution in [-0.2, 0) is 0 Å². The topological polar surface area (TPSA) is 3.24 Å². The normalized spacial score (nSPS) is 11.8. The Balaban J connectivity index is 1.26. The van der Waals surface area contributed by atoms with Crippen LogP contribution in [0.25, 0.3) is 74.4 Å². The molecule has 48 heavy (non-hydrogen) atoms. The maximum absolute atomic E-state index is 2.49. The van der Waals surface area contributed by atoms with Gasteiger partial charge < -0.3 is 4.90 Å². The largest absolute Gasteiger partial charge is 0.308 e. The van der Waals surface area contributed by atoms with Gasteiger partial charge in [0.15, 0.2) is 0 Å². The van der Waals surface area contributed by atoms with Crippen molar-refractivity contribution in [1.82, 2.24) is 0 Å². The number of benzene rings is 9. The van der Waals surface area contributed by atoms with E-state index in [2.05, 4.69) is 181 Å². The van der Waals surface area contributed by atoms with Crippen LogP contribution in [0, 0.1) is 0 Å². The molecule has 10 rings (SSSR count). The van der Waals surface area contributed by atoms with E-state index < -0.39 is 0 Å². The van der Waals surface area contributed by atoms with Crippen molar-refractivity contribution in [2.45, 2.75) is 0 Å². The molecule has 0 aliphatic rings. The summed E-state index contributed by atoms with van der Waals surface area (Å²) in [5.41, 5.74) is 5.97. The molecule has 0 unspecified atom stereocenters. The summed E-state index contributed by atoms with van der Waals surface area (Å²) in [7, 11) is 0. The molecule has 1 heterocycles. The summed E-state index contributed by atoms with van der Waals surface area (Å²) < 4.78 is 2.60. The molecular formula is C46H29NS. The molecule has 0 saturated heterocycles. The van der Waals surface area contributed by atoms with E-state index in [4.69, 9.17) is 0 Å². The number of thiophene rings is 1. The zero-order valence-corrected chi connectivity index (χ0v) is 26.9. The molecule has 1 aromatic heterocycles. The summed E-state index contributed by atoms with van der Waals surface area (Å²) in [6.45, 7) is 0. The van der Waals surface area contributed by atoms with Gasteiger partial charge in [0, 0.05) is 26.5 Å². The van der Waals surface area contributed by atoms with Crippen molar-refractivity contribution in [2.75, 3.05) is 4.90 Å². The fraction of sp³-hybridized carbons (Fsp3) is 0. The number of fused-ring (bicyclic) bond motifs is 9. The standard InChI is InChI=1S/C46H29NS/c1-3-14-35-30(11-1)13-9-19-36(35)32-25-27-34(28-26-32)47(42-21-10-20-41-39-17-7-8-22-44(39)48-46(41)42)43-29-33-24-23-31-12-2-4-15-37(31)45(33)40-18-6-5-16-38(40)43/h1-29H. The first-order valence-corrected chi connectivity index (χ1v) is 17.3. The average molecular weight is 628 g/mol. The monoisotopic (exact) mass is 627 g/mol. The molecule has 0 spiro atoms. The van der Waals surface area contributed by atoms with Crippen LogP contribution in [0.1, 0.15) is 0 Å². The molecule has 0 radical (unpaired) electrons. The van der Waals surface area contributed by atoms with E-state index in [9.17, 15) is 0 Å². The molecule has 2 heteroatoms. The van der Waals surface area contributed by atoms with Crippen molar-refractivity contribution in [3.05, 3.63) is 176 Å². The molecule has 0 aliphatic heterocycles. The molecule has 0 atom stereocenters. The van der Waals surface area contributed by atoms with E-state index >= 15 is 0 Å². The van der Waals surface area contributed by atoms with Crippen LogP contribution in [-0.4, -0.2) is 0 Å². The Morgan fingerprint density at radius 1 is 0.375 bits per heavy atom. The predicted molar refractivity (Wildman–Crippen MR) is 209 cm³/mol. The highest BCUT2D eigenvalue weighted by molar-refractivity contribution is 7.26. The van der Waals surface area contributed by atoms with Gasteiger partial charge in [-0.2, -0.15) is 0 Å². The van der Waals surface area contributed by atoms with Crippen molar-refractivity contribution in [3.8, 4) is 11.1 Å². The first kappa shape index (κ1) is 27.2. The van der Waals surface area contributed by atoms with Gasteiger partial charge in [0.1, 0.15) is 0 Å². The van der Waals surface area contributed by atoms with Gasteiger partial charge in [-0.25, -0.2) is 0 Å². The molecule has 0 aliphatic carbocycles. The molecule has 0 fully saturated rings. The molecule has 9 aromatic carbocycles. The molecule has 0 N–H and O–H groups in total. The Hall–Kier alpha value is -5.96. The van der Waals surface area contributed by atoms with Crippen LogP contribution in [0.2, 0.25) is 0 Å². The lowest BCUT2D eigenvalue weighted by atomic mass is 9.94. The minimum absolute atomic E-state index is 1.13. The second kappa shape index (κ2) is 10.8. The lowest BCUT2D eigenvalue weighted by molar-refractivity contribution is 1.32. The van der Waals surface area contributed by atoms with E-state index in [0.717, 1.165) is 5.69 Å². The maximum atomic E-state index is 2.49. The van der Waals surface area contributed by atoms with Crippen molar-refractivity contribution in [3.63, 3.8) is 0 Å². The fourth-order valence-corrected chi connectivity index (χ4v) is 8.83. The van der Waals surface area contributed by atoms with Crippen LogP contribution in [0.4, 0.5) is 17.1 Å². The molecule has 0 bridgehead atoms. The molecule has 0 saturated carbocycles. The Bertz CT molecular complexity index is 2840. The summed E-state index contributed by atoms with van der Waals surface area (Å²) in [6, 6.07) is 64.5. The second-order valence-electron chi connectivity index (χ2n) is 12.5. The van der Waals surface area contributed by atoms with Crippen molar-refractivity contribution < 1.29 is 0 Å². The zero-order chi connectivity index (χ0) is 31.6. The predicted octanol–water partition coefficient (Wildman–Crippen LogP) is 13.8. The van der Waals surface area contributed by atoms with Crippen LogP contribution >= 0.6 is 11.3 Å². The zero-order valence-electron chi connectivity index (χ0n) is 26.1. The molecule has 224 valence electrons. The van der Waals surface area contributed by atoms with E-state index in [1.165, 1.54) is 85.8 Å². The summed E-state index contributed by atoms with van der Waals surface area (Å²) in [4.78, 5) is 2.49. The smallest absolute Gasteiger partial charge is 0.0640 e. The van der Waals surface area contributed by atoms with E-state index in [1.807, 2.05) is 11.3 Å². The lowest BCUT2D eigenvalue weighted by Gasteiger charge is -2.28. The van der Waals surface area contributed by atoms with Gasteiger partial charge in [0.25, 0.3) is 0 Å². The molecule has 10 aromatic rings. The molecule has 1 nitrogen and oxygen atoms in total. The third-order valence-electron chi connectivity index (χ3n) is 9.82. The van der Waals surface area contributed by atoms with E-state index in [1.54, 1.807) is 0 Å². The van der Waals surface area contributed by atoms with Crippen molar-refractivity contribution >= 4 is 91.7 Å². The summed E-state index contributed by atoms with van der Waals surface area (Å²) in [6.07, 6.45) is 0. The van der Waals surface area contributed by atoms with Crippen molar-refractivity contribution in [2.24, 2.45) is 0 Å². The average Bonchev–Trinajstić information content (AvgIpc) is 3.54. The minimum Gasteiger partial charge on any atom is -0.308 e. The Morgan fingerprint density at radius 2 is 0.979 bits per heavy atom. The van der Waals surface area contributed by atoms with Gasteiger partial charge >= 0.3 is 0 Å². The van der Waals surface area contributed by atoms with E-state index in [-0.39, 0.29) is 0 Å². The molecular weight excluding hydrogens is 599 g/mol. The minimum atomic E-state index is 1.13. The fourth-order valence-electron chi connectivity index (χ4n) is 7.63. The van der Waals surface area contributed by atoms with Gasteiger partial charge in [-0.15, -0.1) is 11.3 Å². The van der Waals surface area contributed by atoms with Crippen LogP contribution in [0.15, 0.2) is 176 Å². The number of nitrogens with zero attached hydrogens (tertiary/aromatic N) is 1. The third-order valence-corrected chi connectivity index (χ3v) is 11.0. The first-order valence-electron chi connectivity index (χ1n) is 16.4. The quantitative estimate of drug-likeness (QED) is 0.176.